The van der Waals surface area contributed by atoms with Crippen molar-refractivity contribution in [1.82, 2.24) is 9.55 Å². The largest absolute Gasteiger partial charge is 0.390 e. The predicted octanol–water partition coefficient (Wildman–Crippen LogP) is 2.88. The van der Waals surface area contributed by atoms with Crippen LogP contribution in [0.2, 0.25) is 0 Å². The van der Waals surface area contributed by atoms with Gasteiger partial charge in [0.25, 0.3) is 0 Å². The molecule has 0 spiro atoms. The van der Waals surface area contributed by atoms with E-state index < -0.39 is 12.6 Å². The van der Waals surface area contributed by atoms with E-state index >= 15 is 0 Å². The number of imidazole rings is 1. The topological polar surface area (TPSA) is 43.8 Å². The summed E-state index contributed by atoms with van der Waals surface area (Å²) in [5.74, 6) is 0.124. The van der Waals surface area contributed by atoms with E-state index in [0.717, 1.165) is 5.56 Å². The molecule has 0 aliphatic rings. The maximum absolute atomic E-state index is 12.2. The molecule has 0 saturated heterocycles. The monoisotopic (exact) mass is 243 g/mol. The first-order chi connectivity index (χ1) is 7.88. The summed E-state index contributed by atoms with van der Waals surface area (Å²) in [6.07, 6.45) is -5.09. The predicted molar refractivity (Wildman–Crippen MR) is 59.6 cm³/mol. The zero-order chi connectivity index (χ0) is 12.6. The summed E-state index contributed by atoms with van der Waals surface area (Å²) in [6, 6.07) is 5.35. The van der Waals surface area contributed by atoms with Gasteiger partial charge in [-0.25, -0.2) is 4.98 Å². The van der Waals surface area contributed by atoms with Gasteiger partial charge in [-0.3, -0.25) is 0 Å². The van der Waals surface area contributed by atoms with E-state index in [0.29, 0.717) is 11.0 Å². The van der Waals surface area contributed by atoms with E-state index in [1.165, 1.54) is 4.57 Å². The minimum atomic E-state index is -4.19. The molecule has 17 heavy (non-hydrogen) atoms. The second-order valence-corrected chi connectivity index (χ2v) is 3.93. The number of alkyl halides is 3. The normalized spacial score (nSPS) is 12.2. The Hall–Kier alpha value is -1.72. The molecule has 1 heterocycles. The number of anilines is 1. The number of hydrogen-bond acceptors (Lipinski definition) is 2. The molecule has 0 radical (unpaired) electrons. The summed E-state index contributed by atoms with van der Waals surface area (Å²) < 4.78 is 38.0. The van der Waals surface area contributed by atoms with Crippen LogP contribution in [0.15, 0.2) is 18.2 Å². The second kappa shape index (κ2) is 3.94. The molecule has 0 atom stereocenters. The number of rotatable bonds is 2. The van der Waals surface area contributed by atoms with Crippen LogP contribution in [-0.2, 0) is 6.54 Å². The van der Waals surface area contributed by atoms with Gasteiger partial charge in [0.1, 0.15) is 0 Å². The summed E-state index contributed by atoms with van der Waals surface area (Å²) in [7, 11) is 0. The molecule has 1 aromatic heterocycles. The van der Waals surface area contributed by atoms with E-state index in [-0.39, 0.29) is 12.5 Å². The number of aromatic nitrogens is 2. The van der Waals surface area contributed by atoms with Crippen molar-refractivity contribution >= 4 is 17.0 Å². The molecule has 6 heteroatoms. The first-order valence-corrected chi connectivity index (χ1v) is 5.16. The zero-order valence-corrected chi connectivity index (χ0v) is 9.25. The maximum Gasteiger partial charge on any atom is 0.390 e. The summed E-state index contributed by atoms with van der Waals surface area (Å²) in [5, 5.41) is 0. The van der Waals surface area contributed by atoms with E-state index in [4.69, 9.17) is 5.73 Å². The van der Waals surface area contributed by atoms with Gasteiger partial charge in [-0.1, -0.05) is 12.1 Å². The van der Waals surface area contributed by atoms with E-state index in [1.54, 1.807) is 12.1 Å². The van der Waals surface area contributed by atoms with Crippen molar-refractivity contribution in [3.05, 3.63) is 23.8 Å². The van der Waals surface area contributed by atoms with Gasteiger partial charge < -0.3 is 10.3 Å². The number of aryl methyl sites for hydroxylation is 2. The van der Waals surface area contributed by atoms with Gasteiger partial charge in [0.05, 0.1) is 17.5 Å². The Balaban J connectivity index is 2.40. The van der Waals surface area contributed by atoms with Gasteiger partial charge in [-0.05, 0) is 18.6 Å². The third kappa shape index (κ3) is 2.35. The fraction of sp³-hybridized carbons (Fsp3) is 0.364. The molecular weight excluding hydrogens is 231 g/mol. The van der Waals surface area contributed by atoms with Crippen LogP contribution in [0.5, 0.6) is 0 Å². The van der Waals surface area contributed by atoms with Crippen LogP contribution in [0.4, 0.5) is 19.1 Å². The lowest BCUT2D eigenvalue weighted by molar-refractivity contribution is -0.136. The highest BCUT2D eigenvalue weighted by Crippen LogP contribution is 2.25. The van der Waals surface area contributed by atoms with Gasteiger partial charge in [0.15, 0.2) is 0 Å². The van der Waals surface area contributed by atoms with Crippen molar-refractivity contribution in [2.75, 3.05) is 5.73 Å². The Morgan fingerprint density at radius 3 is 2.71 bits per heavy atom. The number of nitrogen functional groups attached to an aromatic ring is 1. The van der Waals surface area contributed by atoms with E-state index in [2.05, 4.69) is 4.98 Å². The molecule has 2 rings (SSSR count). The molecule has 92 valence electrons. The number of nitrogens with zero attached hydrogens (tertiary/aromatic N) is 2. The highest BCUT2D eigenvalue weighted by Gasteiger charge is 2.27. The molecule has 0 bridgehead atoms. The Bertz CT molecular complexity index is 543. The minimum Gasteiger partial charge on any atom is -0.369 e. The fourth-order valence-electron chi connectivity index (χ4n) is 1.78. The lowest BCUT2D eigenvalue weighted by Crippen LogP contribution is -2.13. The second-order valence-electron chi connectivity index (χ2n) is 3.93. The minimum absolute atomic E-state index is 0.124. The van der Waals surface area contributed by atoms with Crippen molar-refractivity contribution in [3.63, 3.8) is 0 Å². The smallest absolute Gasteiger partial charge is 0.369 e. The van der Waals surface area contributed by atoms with Crippen molar-refractivity contribution in [3.8, 4) is 0 Å². The average molecular weight is 243 g/mol. The molecule has 2 N–H and O–H groups in total. The summed E-state index contributed by atoms with van der Waals surface area (Å²) >= 11 is 0. The number of hydrogen-bond donors (Lipinski definition) is 1. The lowest BCUT2D eigenvalue weighted by atomic mass is 10.2. The third-order valence-corrected chi connectivity index (χ3v) is 2.63. The van der Waals surface area contributed by atoms with Crippen LogP contribution in [0.1, 0.15) is 12.0 Å². The SMILES string of the molecule is Cc1cccc2c1nc(N)n2CCC(F)(F)F. The van der Waals surface area contributed by atoms with Crippen LogP contribution in [0.25, 0.3) is 11.0 Å². The fourth-order valence-corrected chi connectivity index (χ4v) is 1.78. The lowest BCUT2D eigenvalue weighted by Gasteiger charge is -2.09. The molecule has 0 aliphatic carbocycles. The standard InChI is InChI=1S/C11H12F3N3/c1-7-3-2-4-8-9(7)16-10(15)17(8)6-5-11(12,13)14/h2-4H,5-6H2,1H3,(H2,15,16). The average Bonchev–Trinajstić information content (AvgIpc) is 2.52. The van der Waals surface area contributed by atoms with E-state index in [9.17, 15) is 13.2 Å². The maximum atomic E-state index is 12.2. The van der Waals surface area contributed by atoms with Gasteiger partial charge in [0.2, 0.25) is 5.95 Å². The Labute approximate surface area is 96.0 Å². The van der Waals surface area contributed by atoms with Crippen LogP contribution in [-0.4, -0.2) is 15.7 Å². The van der Waals surface area contributed by atoms with Gasteiger partial charge in [-0.2, -0.15) is 13.2 Å². The van der Waals surface area contributed by atoms with Crippen molar-refractivity contribution < 1.29 is 13.2 Å². The molecule has 0 saturated carbocycles. The number of fused-ring (bicyclic) bond motifs is 1. The summed E-state index contributed by atoms with van der Waals surface area (Å²) in [6.45, 7) is 1.65. The van der Waals surface area contributed by atoms with Crippen LogP contribution >= 0.6 is 0 Å². The molecule has 3 nitrogen and oxygen atoms in total. The van der Waals surface area contributed by atoms with Crippen molar-refractivity contribution in [2.45, 2.75) is 26.1 Å². The van der Waals surface area contributed by atoms with Crippen molar-refractivity contribution in [1.29, 1.82) is 0 Å². The van der Waals surface area contributed by atoms with Crippen LogP contribution < -0.4 is 5.73 Å². The Morgan fingerprint density at radius 1 is 1.35 bits per heavy atom. The first-order valence-electron chi connectivity index (χ1n) is 5.16. The molecule has 1 aromatic carbocycles. The quantitative estimate of drug-likeness (QED) is 0.881. The molecule has 0 unspecified atom stereocenters. The van der Waals surface area contributed by atoms with Gasteiger partial charge >= 0.3 is 6.18 Å². The van der Waals surface area contributed by atoms with Gasteiger partial charge in [0, 0.05) is 6.54 Å². The summed E-state index contributed by atoms with van der Waals surface area (Å²) in [4.78, 5) is 4.09. The number of benzene rings is 1. The molecule has 0 aliphatic heterocycles. The zero-order valence-electron chi connectivity index (χ0n) is 9.25. The number of para-hydroxylation sites is 1. The molecule has 2 aromatic rings. The van der Waals surface area contributed by atoms with Crippen LogP contribution in [0.3, 0.4) is 0 Å². The van der Waals surface area contributed by atoms with Crippen LogP contribution in [0, 0.1) is 6.92 Å². The first kappa shape index (κ1) is 11.8. The van der Waals surface area contributed by atoms with Crippen molar-refractivity contribution in [2.24, 2.45) is 0 Å². The summed E-state index contributed by atoms with van der Waals surface area (Å²) in [5.41, 5.74) is 7.84. The highest BCUT2D eigenvalue weighted by molar-refractivity contribution is 5.81. The molecule has 0 amide bonds. The highest BCUT2D eigenvalue weighted by atomic mass is 19.4. The third-order valence-electron chi connectivity index (χ3n) is 2.63. The Kier molecular flexibility index (Phi) is 2.73. The van der Waals surface area contributed by atoms with Gasteiger partial charge in [-0.15, -0.1) is 0 Å². The Morgan fingerprint density at radius 2 is 2.06 bits per heavy atom. The van der Waals surface area contributed by atoms with E-state index in [1.807, 2.05) is 13.0 Å². The number of halogens is 3. The molecular formula is C11H12F3N3. The number of nitrogens with two attached hydrogens (primary N) is 1. The molecule has 0 fully saturated rings.